The van der Waals surface area contributed by atoms with E-state index in [0.717, 1.165) is 5.69 Å². The van der Waals surface area contributed by atoms with Gasteiger partial charge in [-0.1, -0.05) is 25.7 Å². The predicted molar refractivity (Wildman–Crippen MR) is 66.6 cm³/mol. The summed E-state index contributed by atoms with van der Waals surface area (Å²) in [5.41, 5.74) is 1.06. The molecule has 2 aliphatic rings. The SMILES string of the molecule is OC(c1cncn1C1CC1)C1CCCCCC1. The van der Waals surface area contributed by atoms with Crippen LogP contribution >= 0.6 is 0 Å². The Kier molecular flexibility index (Phi) is 3.19. The summed E-state index contributed by atoms with van der Waals surface area (Å²) < 4.78 is 2.20. The van der Waals surface area contributed by atoms with Crippen LogP contribution in [0.25, 0.3) is 0 Å². The largest absolute Gasteiger partial charge is 0.387 e. The summed E-state index contributed by atoms with van der Waals surface area (Å²) in [4.78, 5) is 4.23. The molecule has 0 saturated heterocycles. The minimum atomic E-state index is -0.295. The maximum Gasteiger partial charge on any atom is 0.0983 e. The molecule has 94 valence electrons. The summed E-state index contributed by atoms with van der Waals surface area (Å²) in [6.45, 7) is 0. The maximum atomic E-state index is 10.6. The van der Waals surface area contributed by atoms with Gasteiger partial charge < -0.3 is 9.67 Å². The van der Waals surface area contributed by atoms with Crippen molar-refractivity contribution in [2.45, 2.75) is 63.5 Å². The number of rotatable bonds is 3. The zero-order valence-corrected chi connectivity index (χ0v) is 10.4. The molecule has 1 unspecified atom stereocenters. The molecular formula is C14H22N2O. The molecule has 1 aromatic heterocycles. The molecule has 2 aliphatic carbocycles. The van der Waals surface area contributed by atoms with Crippen LogP contribution in [-0.4, -0.2) is 14.7 Å². The first-order chi connectivity index (χ1) is 8.36. The third-order valence-corrected chi connectivity index (χ3v) is 4.29. The van der Waals surface area contributed by atoms with E-state index in [-0.39, 0.29) is 6.10 Å². The molecule has 0 spiro atoms. The number of aromatic nitrogens is 2. The molecule has 0 aromatic carbocycles. The van der Waals surface area contributed by atoms with E-state index in [1.807, 2.05) is 12.5 Å². The predicted octanol–water partition coefficient (Wildman–Crippen LogP) is 3.22. The highest BCUT2D eigenvalue weighted by Gasteiger charge is 2.30. The summed E-state index contributed by atoms with van der Waals surface area (Å²) in [6, 6.07) is 0.618. The molecule has 17 heavy (non-hydrogen) atoms. The van der Waals surface area contributed by atoms with Crippen LogP contribution in [0.2, 0.25) is 0 Å². The summed E-state index contributed by atoms with van der Waals surface area (Å²) in [5, 5.41) is 10.6. The average molecular weight is 234 g/mol. The summed E-state index contributed by atoms with van der Waals surface area (Å²) in [6.07, 6.45) is 13.6. The molecule has 0 radical (unpaired) electrons. The Bertz CT molecular complexity index is 362. The van der Waals surface area contributed by atoms with E-state index in [9.17, 15) is 5.11 Å². The lowest BCUT2D eigenvalue weighted by atomic mass is 9.92. The van der Waals surface area contributed by atoms with Gasteiger partial charge in [0.05, 0.1) is 24.3 Å². The Hall–Kier alpha value is -0.830. The van der Waals surface area contributed by atoms with Crippen molar-refractivity contribution in [3.05, 3.63) is 18.2 Å². The minimum absolute atomic E-state index is 0.295. The van der Waals surface area contributed by atoms with Gasteiger partial charge in [-0.05, 0) is 31.6 Å². The number of hydrogen-bond acceptors (Lipinski definition) is 2. The van der Waals surface area contributed by atoms with Crippen LogP contribution in [0.4, 0.5) is 0 Å². The number of imidazole rings is 1. The lowest BCUT2D eigenvalue weighted by Crippen LogP contribution is -2.15. The van der Waals surface area contributed by atoms with Gasteiger partial charge in [0.15, 0.2) is 0 Å². The highest BCUT2D eigenvalue weighted by molar-refractivity contribution is 5.08. The molecule has 0 aliphatic heterocycles. The van der Waals surface area contributed by atoms with Gasteiger partial charge in [0, 0.05) is 6.04 Å². The van der Waals surface area contributed by atoms with Crippen LogP contribution < -0.4 is 0 Å². The Balaban J connectivity index is 1.74. The van der Waals surface area contributed by atoms with E-state index in [0.29, 0.717) is 12.0 Å². The monoisotopic (exact) mass is 234 g/mol. The molecule has 1 N–H and O–H groups in total. The van der Waals surface area contributed by atoms with Crippen LogP contribution in [-0.2, 0) is 0 Å². The minimum Gasteiger partial charge on any atom is -0.387 e. The van der Waals surface area contributed by atoms with Gasteiger partial charge in [0.2, 0.25) is 0 Å². The van der Waals surface area contributed by atoms with Gasteiger partial charge in [0.25, 0.3) is 0 Å². The van der Waals surface area contributed by atoms with Gasteiger partial charge in [-0.25, -0.2) is 4.98 Å². The van der Waals surface area contributed by atoms with E-state index in [1.54, 1.807) is 0 Å². The zero-order valence-electron chi connectivity index (χ0n) is 10.4. The van der Waals surface area contributed by atoms with Crippen LogP contribution in [0.15, 0.2) is 12.5 Å². The van der Waals surface area contributed by atoms with Gasteiger partial charge in [-0.15, -0.1) is 0 Å². The van der Waals surface area contributed by atoms with Crippen molar-refractivity contribution in [2.75, 3.05) is 0 Å². The van der Waals surface area contributed by atoms with E-state index in [1.165, 1.54) is 51.4 Å². The molecule has 0 amide bonds. The summed E-state index contributed by atoms with van der Waals surface area (Å²) in [5.74, 6) is 0.451. The van der Waals surface area contributed by atoms with Crippen LogP contribution in [0, 0.1) is 5.92 Å². The fourth-order valence-corrected chi connectivity index (χ4v) is 3.07. The van der Waals surface area contributed by atoms with E-state index < -0.39 is 0 Å². The Morgan fingerprint density at radius 3 is 2.47 bits per heavy atom. The van der Waals surface area contributed by atoms with Gasteiger partial charge in [-0.3, -0.25) is 0 Å². The van der Waals surface area contributed by atoms with Crippen LogP contribution in [0.5, 0.6) is 0 Å². The third kappa shape index (κ3) is 2.39. The topological polar surface area (TPSA) is 38.1 Å². The molecule has 2 fully saturated rings. The number of hydrogen-bond donors (Lipinski definition) is 1. The van der Waals surface area contributed by atoms with Gasteiger partial charge >= 0.3 is 0 Å². The number of nitrogens with zero attached hydrogens (tertiary/aromatic N) is 2. The Morgan fingerprint density at radius 1 is 1.12 bits per heavy atom. The van der Waals surface area contributed by atoms with Crippen molar-refractivity contribution < 1.29 is 5.11 Å². The number of aliphatic hydroxyl groups is 1. The lowest BCUT2D eigenvalue weighted by molar-refractivity contribution is 0.0911. The quantitative estimate of drug-likeness (QED) is 0.815. The first-order valence-electron chi connectivity index (χ1n) is 7.06. The normalized spacial score (nSPS) is 24.5. The number of aliphatic hydroxyl groups excluding tert-OH is 1. The van der Waals surface area contributed by atoms with Crippen molar-refractivity contribution >= 4 is 0 Å². The Morgan fingerprint density at radius 2 is 1.82 bits per heavy atom. The standard InChI is InChI=1S/C14H22N2O/c17-14(11-5-3-1-2-4-6-11)13-9-15-10-16(13)12-7-8-12/h9-12,14,17H,1-8H2. The fraction of sp³-hybridized carbons (Fsp3) is 0.786. The molecule has 3 nitrogen and oxygen atoms in total. The van der Waals surface area contributed by atoms with Gasteiger partial charge in [-0.2, -0.15) is 0 Å². The van der Waals surface area contributed by atoms with Crippen molar-refractivity contribution in [3.63, 3.8) is 0 Å². The Labute approximate surface area is 103 Å². The second-order valence-corrected chi connectivity index (χ2v) is 5.65. The van der Waals surface area contributed by atoms with E-state index in [2.05, 4.69) is 9.55 Å². The van der Waals surface area contributed by atoms with Gasteiger partial charge in [0.1, 0.15) is 0 Å². The second-order valence-electron chi connectivity index (χ2n) is 5.65. The average Bonchev–Trinajstić information content (AvgIpc) is 3.12. The van der Waals surface area contributed by atoms with Crippen molar-refractivity contribution in [1.82, 2.24) is 9.55 Å². The molecule has 1 aromatic rings. The first kappa shape index (κ1) is 11.3. The molecule has 2 saturated carbocycles. The second kappa shape index (κ2) is 4.81. The fourth-order valence-electron chi connectivity index (χ4n) is 3.07. The van der Waals surface area contributed by atoms with Crippen molar-refractivity contribution in [3.8, 4) is 0 Å². The molecule has 1 atom stereocenters. The smallest absolute Gasteiger partial charge is 0.0983 e. The van der Waals surface area contributed by atoms with E-state index in [4.69, 9.17) is 0 Å². The van der Waals surface area contributed by atoms with Crippen LogP contribution in [0.1, 0.15) is 69.2 Å². The van der Waals surface area contributed by atoms with E-state index >= 15 is 0 Å². The first-order valence-corrected chi connectivity index (χ1v) is 7.06. The van der Waals surface area contributed by atoms with Crippen molar-refractivity contribution in [1.29, 1.82) is 0 Å². The maximum absolute atomic E-state index is 10.6. The molecule has 3 heteroatoms. The van der Waals surface area contributed by atoms with Crippen LogP contribution in [0.3, 0.4) is 0 Å². The van der Waals surface area contributed by atoms with Crippen molar-refractivity contribution in [2.24, 2.45) is 5.92 Å². The highest BCUT2D eigenvalue weighted by atomic mass is 16.3. The highest BCUT2D eigenvalue weighted by Crippen LogP contribution is 2.40. The lowest BCUT2D eigenvalue weighted by Gasteiger charge is -2.22. The third-order valence-electron chi connectivity index (χ3n) is 4.29. The molecule has 1 heterocycles. The summed E-state index contributed by atoms with van der Waals surface area (Å²) >= 11 is 0. The molecular weight excluding hydrogens is 212 g/mol. The zero-order chi connectivity index (χ0) is 11.7. The molecule has 0 bridgehead atoms. The molecule has 3 rings (SSSR count). The summed E-state index contributed by atoms with van der Waals surface area (Å²) in [7, 11) is 0.